The van der Waals surface area contributed by atoms with Gasteiger partial charge >= 0.3 is 5.97 Å². The highest BCUT2D eigenvalue weighted by Gasteiger charge is 2.20. The second-order valence-electron chi connectivity index (χ2n) is 1.95. The monoisotopic (exact) mass is 156 g/mol. The Balaban J connectivity index is 2.24. The Labute approximate surface area is 64.4 Å². The largest absolute Gasteiger partial charge is 0.431 e. The maximum absolute atomic E-state index is 10.6. The molecule has 0 amide bonds. The van der Waals surface area contributed by atoms with E-state index in [-0.39, 0.29) is 19.8 Å². The summed E-state index contributed by atoms with van der Waals surface area (Å²) >= 11 is 0. The minimum Gasteiger partial charge on any atom is -0.431 e. The van der Waals surface area contributed by atoms with E-state index in [9.17, 15) is 4.79 Å². The van der Waals surface area contributed by atoms with Gasteiger partial charge in [-0.05, 0) is 0 Å². The minimum atomic E-state index is -0.632. The van der Waals surface area contributed by atoms with Crippen molar-refractivity contribution in [1.82, 2.24) is 0 Å². The first-order valence-electron chi connectivity index (χ1n) is 3.15. The van der Waals surface area contributed by atoms with Crippen LogP contribution in [0.5, 0.6) is 0 Å². The molecule has 0 aromatic rings. The lowest BCUT2D eigenvalue weighted by atomic mass is 10.5. The van der Waals surface area contributed by atoms with E-state index in [1.54, 1.807) is 0 Å². The van der Waals surface area contributed by atoms with Crippen molar-refractivity contribution < 1.29 is 19.0 Å². The zero-order chi connectivity index (χ0) is 8.10. The molecule has 0 spiro atoms. The fourth-order valence-electron chi connectivity index (χ4n) is 0.676. The van der Waals surface area contributed by atoms with Crippen LogP contribution in [0.15, 0.2) is 0 Å². The van der Waals surface area contributed by atoms with Gasteiger partial charge in [0, 0.05) is 0 Å². The molecule has 1 saturated heterocycles. The van der Waals surface area contributed by atoms with E-state index in [1.165, 1.54) is 0 Å². The molecular weight excluding hydrogens is 148 g/mol. The van der Waals surface area contributed by atoms with E-state index in [2.05, 4.69) is 5.92 Å². The van der Waals surface area contributed by atoms with Crippen molar-refractivity contribution >= 4 is 5.97 Å². The van der Waals surface area contributed by atoms with Crippen molar-refractivity contribution in [3.8, 4) is 12.3 Å². The molecule has 1 aliphatic rings. The van der Waals surface area contributed by atoms with Gasteiger partial charge in [-0.1, -0.05) is 5.92 Å². The van der Waals surface area contributed by atoms with Crippen molar-refractivity contribution in [2.75, 3.05) is 19.8 Å². The summed E-state index contributed by atoms with van der Waals surface area (Å²) in [5, 5.41) is 0. The van der Waals surface area contributed by atoms with Crippen molar-refractivity contribution in [3.63, 3.8) is 0 Å². The van der Waals surface area contributed by atoms with Crippen LogP contribution >= 0.6 is 0 Å². The quantitative estimate of drug-likeness (QED) is 0.400. The fraction of sp³-hybridized carbons (Fsp3) is 0.571. The van der Waals surface area contributed by atoms with Crippen molar-refractivity contribution in [2.24, 2.45) is 0 Å². The Kier molecular flexibility index (Phi) is 2.90. The number of rotatable bonds is 2. The van der Waals surface area contributed by atoms with Gasteiger partial charge in [0.15, 0.2) is 0 Å². The van der Waals surface area contributed by atoms with Crippen LogP contribution in [0.2, 0.25) is 0 Å². The van der Waals surface area contributed by atoms with Gasteiger partial charge in [0.2, 0.25) is 6.29 Å². The first kappa shape index (κ1) is 8.05. The summed E-state index contributed by atoms with van der Waals surface area (Å²) in [5.41, 5.74) is 0. The number of carbonyl (C=O) groups excluding carboxylic acids is 1. The molecule has 0 bridgehead atoms. The molecule has 4 heteroatoms. The summed E-state index contributed by atoms with van der Waals surface area (Å²) in [6, 6.07) is 0. The summed E-state index contributed by atoms with van der Waals surface area (Å²) < 4.78 is 14.4. The third-order valence-electron chi connectivity index (χ3n) is 1.09. The van der Waals surface area contributed by atoms with E-state index in [4.69, 9.17) is 20.6 Å². The van der Waals surface area contributed by atoms with E-state index in [0.717, 1.165) is 0 Å². The smallest absolute Gasteiger partial charge is 0.334 e. The average molecular weight is 156 g/mol. The summed E-state index contributed by atoms with van der Waals surface area (Å²) in [5.74, 6) is 1.84. The highest BCUT2D eigenvalue weighted by molar-refractivity contribution is 5.71. The van der Waals surface area contributed by atoms with Crippen molar-refractivity contribution in [3.05, 3.63) is 0 Å². The summed E-state index contributed by atoms with van der Waals surface area (Å²) in [6.45, 7) is 0.380. The lowest BCUT2D eigenvalue weighted by Crippen LogP contribution is -2.34. The maximum Gasteiger partial charge on any atom is 0.334 e. The Morgan fingerprint density at radius 3 is 3.27 bits per heavy atom. The average Bonchev–Trinajstić information content (AvgIpc) is 2.01. The van der Waals surface area contributed by atoms with Crippen LogP contribution in [-0.2, 0) is 19.0 Å². The normalized spacial score (nSPS) is 23.9. The minimum absolute atomic E-state index is 0.00405. The molecule has 60 valence electrons. The molecule has 0 aromatic heterocycles. The summed E-state index contributed by atoms with van der Waals surface area (Å²) in [4.78, 5) is 10.6. The van der Waals surface area contributed by atoms with Crippen LogP contribution in [0.1, 0.15) is 0 Å². The Morgan fingerprint density at radius 2 is 2.64 bits per heavy atom. The number of esters is 1. The standard InChI is InChI=1S/C7H8O4/c1-2-3-10-7-5-9-4-6(8)11-7/h1,7H,3-5H2. The Morgan fingerprint density at radius 1 is 1.82 bits per heavy atom. The molecule has 0 aromatic carbocycles. The predicted octanol–water partition coefficient (Wildman–Crippen LogP) is -0.464. The van der Waals surface area contributed by atoms with Gasteiger partial charge in [-0.3, -0.25) is 0 Å². The number of ether oxygens (including phenoxy) is 3. The van der Waals surface area contributed by atoms with Crippen LogP contribution in [0.25, 0.3) is 0 Å². The Bertz CT molecular complexity index is 181. The molecule has 0 N–H and O–H groups in total. The molecule has 1 fully saturated rings. The maximum atomic E-state index is 10.6. The zero-order valence-corrected chi connectivity index (χ0v) is 5.91. The molecule has 1 rings (SSSR count). The fourth-order valence-corrected chi connectivity index (χ4v) is 0.676. The first-order valence-corrected chi connectivity index (χ1v) is 3.15. The highest BCUT2D eigenvalue weighted by atomic mass is 16.7. The summed E-state index contributed by atoms with van der Waals surface area (Å²) in [6.07, 6.45) is 4.29. The molecule has 1 atom stereocenters. The SMILES string of the molecule is C#CCOC1COCC(=O)O1. The van der Waals surface area contributed by atoms with Crippen LogP contribution in [-0.4, -0.2) is 32.1 Å². The van der Waals surface area contributed by atoms with Gasteiger partial charge in [0.05, 0.1) is 0 Å². The van der Waals surface area contributed by atoms with Gasteiger partial charge in [0.25, 0.3) is 0 Å². The van der Waals surface area contributed by atoms with Gasteiger partial charge in [-0.15, -0.1) is 6.42 Å². The molecule has 1 heterocycles. The molecule has 0 radical (unpaired) electrons. The first-order chi connectivity index (χ1) is 5.33. The topological polar surface area (TPSA) is 44.8 Å². The zero-order valence-electron chi connectivity index (χ0n) is 5.91. The predicted molar refractivity (Wildman–Crippen MR) is 35.5 cm³/mol. The number of carbonyl (C=O) groups is 1. The molecule has 0 aliphatic carbocycles. The van der Waals surface area contributed by atoms with E-state index in [0.29, 0.717) is 0 Å². The molecule has 4 nitrogen and oxygen atoms in total. The number of cyclic esters (lactones) is 1. The molecular formula is C7H8O4. The van der Waals surface area contributed by atoms with E-state index >= 15 is 0 Å². The van der Waals surface area contributed by atoms with Crippen molar-refractivity contribution in [2.45, 2.75) is 6.29 Å². The number of hydrogen-bond acceptors (Lipinski definition) is 4. The highest BCUT2D eigenvalue weighted by Crippen LogP contribution is 2.02. The second kappa shape index (κ2) is 3.96. The molecule has 1 aliphatic heterocycles. The van der Waals surface area contributed by atoms with Gasteiger partial charge < -0.3 is 14.2 Å². The summed E-state index contributed by atoms with van der Waals surface area (Å²) in [7, 11) is 0. The van der Waals surface area contributed by atoms with Gasteiger partial charge in [-0.2, -0.15) is 0 Å². The second-order valence-corrected chi connectivity index (χ2v) is 1.95. The number of terminal acetylenes is 1. The molecule has 11 heavy (non-hydrogen) atoms. The van der Waals surface area contributed by atoms with Gasteiger partial charge in [0.1, 0.15) is 19.8 Å². The van der Waals surface area contributed by atoms with E-state index < -0.39 is 12.3 Å². The molecule has 1 unspecified atom stereocenters. The van der Waals surface area contributed by atoms with Crippen LogP contribution in [0.3, 0.4) is 0 Å². The number of hydrogen-bond donors (Lipinski definition) is 0. The third kappa shape index (κ3) is 2.58. The lowest BCUT2D eigenvalue weighted by Gasteiger charge is -2.21. The van der Waals surface area contributed by atoms with Gasteiger partial charge in [-0.25, -0.2) is 4.79 Å². The molecule has 0 saturated carbocycles. The Hall–Kier alpha value is -1.05. The van der Waals surface area contributed by atoms with Crippen molar-refractivity contribution in [1.29, 1.82) is 0 Å². The van der Waals surface area contributed by atoms with Crippen LogP contribution in [0, 0.1) is 12.3 Å². The van der Waals surface area contributed by atoms with E-state index in [1.807, 2.05) is 0 Å². The third-order valence-corrected chi connectivity index (χ3v) is 1.09. The lowest BCUT2D eigenvalue weighted by molar-refractivity contribution is -0.211. The van der Waals surface area contributed by atoms with Crippen LogP contribution < -0.4 is 0 Å². The van der Waals surface area contributed by atoms with Crippen LogP contribution in [0.4, 0.5) is 0 Å².